The number of fused-ring (bicyclic) bond motifs is 7. The molecule has 500 valence electrons. The molecule has 0 N–H and O–H groups in total. The van der Waals surface area contributed by atoms with Crippen LogP contribution in [0, 0.1) is 58.2 Å². The predicted molar refractivity (Wildman–Crippen MR) is 397 cm³/mol. The highest BCUT2D eigenvalue weighted by molar-refractivity contribution is 7.29. The van der Waals surface area contributed by atoms with Crippen LogP contribution in [-0.2, 0) is 28.2 Å². The molecular formula is C78H105N7O4S4. The summed E-state index contributed by atoms with van der Waals surface area (Å²) in [6.07, 6.45) is 14.6. The molecule has 11 nitrogen and oxygen atoms in total. The molecule has 0 spiro atoms. The van der Waals surface area contributed by atoms with E-state index in [1.54, 1.807) is 22.7 Å². The molecule has 0 bridgehead atoms. The summed E-state index contributed by atoms with van der Waals surface area (Å²) in [5.74, 6) is 5.99. The zero-order valence-electron chi connectivity index (χ0n) is 59.9. The maximum atomic E-state index is 10.4. The smallest absolute Gasteiger partial charge is 0.146 e. The van der Waals surface area contributed by atoms with Crippen molar-refractivity contribution in [2.75, 3.05) is 13.2 Å². The Labute approximate surface area is 570 Å². The normalized spacial score (nSPS) is 13.8. The summed E-state index contributed by atoms with van der Waals surface area (Å²) in [5, 5.41) is 40.0. The predicted octanol–water partition coefficient (Wildman–Crippen LogP) is 24.7. The number of thiophene rings is 4. The SMILES string of the molecule is CC(C)CCCC(C)CCOc1c2cc(C(C)(C)C)sc2c(OCCC(C)CCCC(C)C)c2cc(-c3cc(C#N)c(C(C)(C)C)c4nonc34)sc12.CC(C)CCCC(C)CCn1c2cc(-c3cc(C#N)c(C(C)(C)C)c4nonc34)sc2c2sc(C(C)(C)C)cc21. The van der Waals surface area contributed by atoms with Crippen molar-refractivity contribution in [2.45, 2.75) is 251 Å². The molecular weight excluding hydrogens is 1230 g/mol. The Kier molecular flexibility index (Phi) is 22.5. The lowest BCUT2D eigenvalue weighted by Crippen LogP contribution is -2.14. The molecule has 3 atom stereocenters. The largest absolute Gasteiger partial charge is 0.491 e. The Hall–Kier alpha value is -5.84. The van der Waals surface area contributed by atoms with Gasteiger partial charge in [-0.15, -0.1) is 45.3 Å². The Balaban J connectivity index is 0.000000228. The van der Waals surface area contributed by atoms with Gasteiger partial charge in [-0.3, -0.25) is 0 Å². The summed E-state index contributed by atoms with van der Waals surface area (Å²) in [7, 11) is 0. The van der Waals surface area contributed by atoms with Crippen LogP contribution in [0.4, 0.5) is 0 Å². The monoisotopic (exact) mass is 1330 g/mol. The molecule has 3 aromatic carbocycles. The van der Waals surface area contributed by atoms with E-state index in [4.69, 9.17) is 18.7 Å². The molecule has 10 rings (SSSR count). The number of hydrogen-bond donors (Lipinski definition) is 0. The molecule has 0 saturated heterocycles. The Bertz CT molecular complexity index is 4200. The van der Waals surface area contributed by atoms with Gasteiger partial charge in [-0.2, -0.15) is 10.5 Å². The summed E-state index contributed by atoms with van der Waals surface area (Å²) in [4.78, 5) is 4.83. The molecule has 10 aromatic rings. The van der Waals surface area contributed by atoms with Crippen molar-refractivity contribution in [2.24, 2.45) is 35.5 Å². The number of aryl methyl sites for hydroxylation is 1. The highest BCUT2D eigenvalue weighted by Gasteiger charge is 2.32. The Morgan fingerprint density at radius 2 is 0.806 bits per heavy atom. The van der Waals surface area contributed by atoms with Gasteiger partial charge in [0.25, 0.3) is 0 Å². The fourth-order valence-electron chi connectivity index (χ4n) is 12.9. The standard InChI is InChI=1S/C45H63N3O3S2.C33H42N4OS2/c1-27(2)15-13-17-29(5)19-21-49-40-33-24-35(32-23-31(26-46)37(45(10,11)12)39-38(32)47-51-48-39)52-42(33)41(34-25-36(44(7,8)9)53-43(34)40)50-22-20-30(6)18-14-16-28(3)4;1-19(2)11-10-12-20(3)13-14-37-23-16-25(39-30(23)31-24(37)17-26(40-31)32(4,5)6)22-15-21(18-34)27(33(7,8)9)29-28(22)35-38-36-29/h23-25,27-30H,13-22H2,1-12H3;15-17,19-20H,10-14H2,1-9H3. The minimum atomic E-state index is -0.310. The maximum Gasteiger partial charge on any atom is 0.146 e. The third-order valence-electron chi connectivity index (χ3n) is 18.4. The van der Waals surface area contributed by atoms with E-state index in [0.29, 0.717) is 58.6 Å². The van der Waals surface area contributed by atoms with E-state index < -0.39 is 0 Å². The van der Waals surface area contributed by atoms with E-state index in [9.17, 15) is 10.5 Å². The molecule has 7 aromatic heterocycles. The Morgan fingerprint density at radius 3 is 1.25 bits per heavy atom. The highest BCUT2D eigenvalue weighted by atomic mass is 32.1. The van der Waals surface area contributed by atoms with Crippen molar-refractivity contribution in [1.29, 1.82) is 10.5 Å². The molecule has 0 saturated carbocycles. The summed E-state index contributed by atoms with van der Waals surface area (Å²) >= 11 is 7.23. The summed E-state index contributed by atoms with van der Waals surface area (Å²) in [6, 6.07) is 18.1. The first kappa shape index (κ1) is 71.5. The molecule has 3 unspecified atom stereocenters. The first-order chi connectivity index (χ1) is 43.8. The summed E-state index contributed by atoms with van der Waals surface area (Å²) in [5.41, 5.74) is 9.65. The quantitative estimate of drug-likeness (QED) is 0.0541. The number of benzene rings is 3. The van der Waals surface area contributed by atoms with Crippen LogP contribution in [-0.4, -0.2) is 38.4 Å². The van der Waals surface area contributed by atoms with E-state index in [-0.39, 0.29) is 21.7 Å². The summed E-state index contributed by atoms with van der Waals surface area (Å²) < 4.78 is 31.9. The fourth-order valence-corrected chi connectivity index (χ4v) is 17.9. The lowest BCUT2D eigenvalue weighted by Gasteiger charge is -2.21. The second kappa shape index (κ2) is 29.2. The van der Waals surface area contributed by atoms with Crippen LogP contribution in [0.1, 0.15) is 254 Å². The van der Waals surface area contributed by atoms with Gasteiger partial charge in [0, 0.05) is 59.1 Å². The van der Waals surface area contributed by atoms with E-state index in [0.717, 1.165) is 106 Å². The number of aromatic nitrogens is 5. The lowest BCUT2D eigenvalue weighted by molar-refractivity contribution is 0.277. The van der Waals surface area contributed by atoms with E-state index in [2.05, 4.69) is 207 Å². The van der Waals surface area contributed by atoms with Crippen molar-refractivity contribution in [1.82, 2.24) is 25.2 Å². The molecule has 0 aliphatic rings. The van der Waals surface area contributed by atoms with Crippen molar-refractivity contribution < 1.29 is 18.7 Å². The molecule has 7 heterocycles. The molecule has 0 radical (unpaired) electrons. The lowest BCUT2D eigenvalue weighted by atomic mass is 9.82. The van der Waals surface area contributed by atoms with Gasteiger partial charge in [0.2, 0.25) is 0 Å². The van der Waals surface area contributed by atoms with Gasteiger partial charge in [-0.1, -0.05) is 203 Å². The second-order valence-corrected chi connectivity index (χ2v) is 36.6. The van der Waals surface area contributed by atoms with E-state index in [1.165, 1.54) is 94.4 Å². The van der Waals surface area contributed by atoms with Crippen molar-refractivity contribution in [3.63, 3.8) is 0 Å². The van der Waals surface area contributed by atoms with Crippen LogP contribution in [0.15, 0.2) is 45.7 Å². The zero-order valence-corrected chi connectivity index (χ0v) is 63.2. The van der Waals surface area contributed by atoms with Gasteiger partial charge >= 0.3 is 0 Å². The molecule has 0 aliphatic carbocycles. The third kappa shape index (κ3) is 16.4. The molecule has 0 fully saturated rings. The van der Waals surface area contributed by atoms with Crippen LogP contribution in [0.25, 0.3) is 83.6 Å². The van der Waals surface area contributed by atoms with Gasteiger partial charge < -0.3 is 14.0 Å². The maximum absolute atomic E-state index is 10.4. The van der Waals surface area contributed by atoms with E-state index >= 15 is 0 Å². The third-order valence-corrected chi connectivity index (χ3v) is 24.0. The van der Waals surface area contributed by atoms with Crippen molar-refractivity contribution in [3.05, 3.63) is 68.4 Å². The average molecular weight is 1330 g/mol. The number of ether oxygens (including phenoxy) is 2. The number of hydrogen-bond acceptors (Lipinski definition) is 14. The first-order valence-corrected chi connectivity index (χ1v) is 37.8. The first-order valence-electron chi connectivity index (χ1n) is 34.5. The molecule has 15 heteroatoms. The van der Waals surface area contributed by atoms with Crippen LogP contribution in [0.5, 0.6) is 11.5 Å². The summed E-state index contributed by atoms with van der Waals surface area (Å²) in [6.45, 7) is 49.6. The van der Waals surface area contributed by atoms with Crippen LogP contribution in [0.2, 0.25) is 0 Å². The van der Waals surface area contributed by atoms with Gasteiger partial charge in [0.1, 0.15) is 33.6 Å². The van der Waals surface area contributed by atoms with Crippen molar-refractivity contribution >= 4 is 108 Å². The van der Waals surface area contributed by atoms with Gasteiger partial charge in [0.05, 0.1) is 66.3 Å². The number of rotatable bonds is 25. The molecule has 93 heavy (non-hydrogen) atoms. The van der Waals surface area contributed by atoms with Gasteiger partial charge in [0.15, 0.2) is 0 Å². The number of nitrogens with zero attached hydrogens (tertiary/aromatic N) is 7. The van der Waals surface area contributed by atoms with Crippen LogP contribution in [0.3, 0.4) is 0 Å². The topological polar surface area (TPSA) is 149 Å². The van der Waals surface area contributed by atoms with Gasteiger partial charge in [-0.05, 0) is 133 Å². The highest BCUT2D eigenvalue weighted by Crippen LogP contribution is 2.54. The van der Waals surface area contributed by atoms with Crippen LogP contribution < -0.4 is 9.47 Å². The minimum Gasteiger partial charge on any atom is -0.491 e. The molecule has 0 aliphatic heterocycles. The van der Waals surface area contributed by atoms with E-state index in [1.807, 2.05) is 34.8 Å². The Morgan fingerprint density at radius 1 is 0.430 bits per heavy atom. The molecule has 0 amide bonds. The zero-order chi connectivity index (χ0) is 67.6. The minimum absolute atomic E-state index is 0.0132. The van der Waals surface area contributed by atoms with Gasteiger partial charge in [-0.25, -0.2) is 9.26 Å². The average Bonchev–Trinajstić information content (AvgIpc) is 1.60. The van der Waals surface area contributed by atoms with Crippen molar-refractivity contribution in [3.8, 4) is 44.5 Å². The fraction of sp³-hybridized carbons (Fsp3) is 0.590. The van der Waals surface area contributed by atoms with Crippen LogP contribution >= 0.6 is 45.3 Å². The second-order valence-electron chi connectivity index (χ2n) is 32.4. The number of nitriles is 2.